The van der Waals surface area contributed by atoms with Crippen molar-refractivity contribution in [1.82, 2.24) is 20.5 Å². The molecule has 0 aliphatic carbocycles. The number of aryl methyl sites for hydroxylation is 2. The van der Waals surface area contributed by atoms with Crippen LogP contribution in [0, 0.1) is 19.8 Å². The summed E-state index contributed by atoms with van der Waals surface area (Å²) in [5.74, 6) is 1.69. The van der Waals surface area contributed by atoms with E-state index < -0.39 is 0 Å². The molecule has 0 bridgehead atoms. The van der Waals surface area contributed by atoms with Gasteiger partial charge in [0.2, 0.25) is 0 Å². The largest absolute Gasteiger partial charge is 0.352 e. The molecule has 1 aromatic carbocycles. The number of nitrogens with zero attached hydrogens (tertiary/aromatic N) is 3. The number of nitrogens with one attached hydrogen (secondary N) is 2. The van der Waals surface area contributed by atoms with Crippen molar-refractivity contribution in [3.8, 4) is 0 Å². The van der Waals surface area contributed by atoms with Gasteiger partial charge in [-0.3, -0.25) is 9.89 Å². The van der Waals surface area contributed by atoms with E-state index in [0.717, 1.165) is 35.7 Å². The third-order valence-electron chi connectivity index (χ3n) is 5.47. The number of aromatic nitrogens is 1. The van der Waals surface area contributed by atoms with Crippen LogP contribution in [-0.2, 0) is 19.6 Å². The molecule has 0 spiro atoms. The highest BCUT2D eigenvalue weighted by molar-refractivity contribution is 7.11. The SMILES string of the molecule is CN=C(NCc1ccc(CN2CCC(C)CC2)cc1)NCc1nc(C)c(C)s1. The van der Waals surface area contributed by atoms with Gasteiger partial charge >= 0.3 is 0 Å². The highest BCUT2D eigenvalue weighted by atomic mass is 32.1. The molecule has 1 aliphatic heterocycles. The summed E-state index contributed by atoms with van der Waals surface area (Å²) in [7, 11) is 1.80. The molecule has 1 saturated heterocycles. The Kier molecular flexibility index (Phi) is 7.45. The lowest BCUT2D eigenvalue weighted by Gasteiger charge is -2.30. The van der Waals surface area contributed by atoms with Crippen molar-refractivity contribution < 1.29 is 0 Å². The maximum absolute atomic E-state index is 4.57. The number of aliphatic imine (C=N–C) groups is 1. The minimum atomic E-state index is 0.701. The number of rotatable bonds is 6. The monoisotopic (exact) mass is 399 g/mol. The van der Waals surface area contributed by atoms with Crippen molar-refractivity contribution in [2.75, 3.05) is 20.1 Å². The average molecular weight is 400 g/mol. The standard InChI is InChI=1S/C22H33N5S/c1-16-9-11-27(12-10-16)15-20-7-5-19(6-8-20)13-24-22(23-4)25-14-21-26-17(2)18(3)28-21/h5-8,16H,9-15H2,1-4H3,(H2,23,24,25). The molecule has 1 aliphatic rings. The lowest BCUT2D eigenvalue weighted by molar-refractivity contribution is 0.185. The molecule has 3 rings (SSSR count). The number of guanidine groups is 1. The first kappa shape index (κ1) is 20.8. The van der Waals surface area contributed by atoms with Gasteiger partial charge < -0.3 is 10.6 Å². The van der Waals surface area contributed by atoms with Gasteiger partial charge in [0.15, 0.2) is 5.96 Å². The molecule has 0 atom stereocenters. The second-order valence-corrected chi connectivity index (χ2v) is 9.09. The second-order valence-electron chi connectivity index (χ2n) is 7.80. The van der Waals surface area contributed by atoms with Crippen LogP contribution >= 0.6 is 11.3 Å². The van der Waals surface area contributed by atoms with E-state index in [-0.39, 0.29) is 0 Å². The van der Waals surface area contributed by atoms with Crippen molar-refractivity contribution in [2.45, 2.75) is 53.2 Å². The van der Waals surface area contributed by atoms with E-state index in [2.05, 4.69) is 70.5 Å². The third kappa shape index (κ3) is 6.04. The molecular formula is C22H33N5S. The molecular weight excluding hydrogens is 366 g/mol. The van der Waals surface area contributed by atoms with Gasteiger partial charge in [-0.15, -0.1) is 11.3 Å². The zero-order valence-corrected chi connectivity index (χ0v) is 18.4. The van der Waals surface area contributed by atoms with Crippen LogP contribution in [0.1, 0.15) is 46.5 Å². The maximum atomic E-state index is 4.57. The molecule has 2 N–H and O–H groups in total. The molecule has 5 nitrogen and oxygen atoms in total. The zero-order chi connectivity index (χ0) is 19.9. The van der Waals surface area contributed by atoms with Crippen LogP contribution in [0.25, 0.3) is 0 Å². The quantitative estimate of drug-likeness (QED) is 0.572. The van der Waals surface area contributed by atoms with Crippen molar-refractivity contribution in [3.05, 3.63) is 51.0 Å². The van der Waals surface area contributed by atoms with Crippen LogP contribution in [-0.4, -0.2) is 36.0 Å². The van der Waals surface area contributed by atoms with Crippen molar-refractivity contribution in [3.63, 3.8) is 0 Å². The van der Waals surface area contributed by atoms with E-state index in [4.69, 9.17) is 0 Å². The summed E-state index contributed by atoms with van der Waals surface area (Å²) < 4.78 is 0. The summed E-state index contributed by atoms with van der Waals surface area (Å²) in [5, 5.41) is 7.83. The zero-order valence-electron chi connectivity index (χ0n) is 17.6. The third-order valence-corrected chi connectivity index (χ3v) is 6.54. The van der Waals surface area contributed by atoms with E-state index in [9.17, 15) is 0 Å². The Balaban J connectivity index is 1.44. The first-order chi connectivity index (χ1) is 13.5. The first-order valence-corrected chi connectivity index (χ1v) is 11.0. The smallest absolute Gasteiger partial charge is 0.191 e. The van der Waals surface area contributed by atoms with Crippen LogP contribution < -0.4 is 10.6 Å². The van der Waals surface area contributed by atoms with E-state index in [1.54, 1.807) is 18.4 Å². The Hall–Kier alpha value is -1.92. The first-order valence-electron chi connectivity index (χ1n) is 10.2. The number of piperidine rings is 1. The van der Waals surface area contributed by atoms with Crippen LogP contribution in [0.4, 0.5) is 0 Å². The van der Waals surface area contributed by atoms with Crippen molar-refractivity contribution >= 4 is 17.3 Å². The minimum absolute atomic E-state index is 0.701. The fourth-order valence-electron chi connectivity index (χ4n) is 3.42. The lowest BCUT2D eigenvalue weighted by atomic mass is 9.99. The van der Waals surface area contributed by atoms with E-state index in [0.29, 0.717) is 6.54 Å². The number of likely N-dealkylation sites (tertiary alicyclic amines) is 1. The summed E-state index contributed by atoms with van der Waals surface area (Å²) in [6.07, 6.45) is 2.66. The molecule has 0 radical (unpaired) electrons. The van der Waals surface area contributed by atoms with Gasteiger partial charge in [0.1, 0.15) is 5.01 Å². The Labute approximate surface area is 173 Å². The van der Waals surface area contributed by atoms with Gasteiger partial charge in [0.05, 0.1) is 12.2 Å². The predicted octanol–water partition coefficient (Wildman–Crippen LogP) is 3.86. The van der Waals surface area contributed by atoms with Gasteiger partial charge in [-0.1, -0.05) is 31.2 Å². The molecule has 1 aromatic heterocycles. The van der Waals surface area contributed by atoms with E-state index in [1.165, 1.54) is 41.9 Å². The van der Waals surface area contributed by atoms with Gasteiger partial charge in [0, 0.05) is 25.0 Å². The molecule has 0 amide bonds. The topological polar surface area (TPSA) is 52.6 Å². The van der Waals surface area contributed by atoms with Gasteiger partial charge in [-0.05, 0) is 56.8 Å². The minimum Gasteiger partial charge on any atom is -0.352 e. The summed E-state index contributed by atoms with van der Waals surface area (Å²) in [6.45, 7) is 11.5. The highest BCUT2D eigenvalue weighted by Gasteiger charge is 2.15. The number of hydrogen-bond acceptors (Lipinski definition) is 4. The van der Waals surface area contributed by atoms with Crippen molar-refractivity contribution in [2.24, 2.45) is 10.9 Å². The molecule has 2 aromatic rings. The molecule has 0 unspecified atom stereocenters. The van der Waals surface area contributed by atoms with Gasteiger partial charge in [-0.2, -0.15) is 0 Å². The number of hydrogen-bond donors (Lipinski definition) is 2. The Morgan fingerprint density at radius 3 is 2.36 bits per heavy atom. The average Bonchev–Trinajstić information content (AvgIpc) is 3.02. The number of benzene rings is 1. The van der Waals surface area contributed by atoms with Crippen LogP contribution in [0.5, 0.6) is 0 Å². The fraction of sp³-hybridized carbons (Fsp3) is 0.545. The summed E-state index contributed by atoms with van der Waals surface area (Å²) in [5.41, 5.74) is 3.78. The Bertz CT molecular complexity index is 753. The molecule has 0 saturated carbocycles. The Morgan fingerprint density at radius 2 is 1.75 bits per heavy atom. The summed E-state index contributed by atoms with van der Waals surface area (Å²) in [4.78, 5) is 12.7. The molecule has 2 heterocycles. The second kappa shape index (κ2) is 10.0. The maximum Gasteiger partial charge on any atom is 0.191 e. The van der Waals surface area contributed by atoms with E-state index in [1.807, 2.05) is 0 Å². The number of thiazole rings is 1. The molecule has 28 heavy (non-hydrogen) atoms. The molecule has 1 fully saturated rings. The van der Waals surface area contributed by atoms with Gasteiger partial charge in [-0.25, -0.2) is 4.98 Å². The summed E-state index contributed by atoms with van der Waals surface area (Å²) >= 11 is 1.74. The van der Waals surface area contributed by atoms with Crippen LogP contribution in [0.3, 0.4) is 0 Å². The van der Waals surface area contributed by atoms with Crippen LogP contribution in [0.2, 0.25) is 0 Å². The fourth-order valence-corrected chi connectivity index (χ4v) is 4.30. The van der Waals surface area contributed by atoms with Crippen molar-refractivity contribution in [1.29, 1.82) is 0 Å². The van der Waals surface area contributed by atoms with E-state index >= 15 is 0 Å². The van der Waals surface area contributed by atoms with Gasteiger partial charge in [0.25, 0.3) is 0 Å². The normalized spacial score (nSPS) is 16.4. The Morgan fingerprint density at radius 1 is 1.11 bits per heavy atom. The molecule has 6 heteroatoms. The van der Waals surface area contributed by atoms with Crippen LogP contribution in [0.15, 0.2) is 29.3 Å². The highest BCUT2D eigenvalue weighted by Crippen LogP contribution is 2.18. The lowest BCUT2D eigenvalue weighted by Crippen LogP contribution is -2.36. The summed E-state index contributed by atoms with van der Waals surface area (Å²) in [6, 6.07) is 8.95. The predicted molar refractivity (Wildman–Crippen MR) is 119 cm³/mol. The molecule has 152 valence electrons.